The first-order valence-electron chi connectivity index (χ1n) is 12.2. The second-order valence-electron chi connectivity index (χ2n) is 9.82. The van der Waals surface area contributed by atoms with Crippen LogP contribution in [-0.4, -0.2) is 42.2 Å². The maximum absolute atomic E-state index is 13.1. The van der Waals surface area contributed by atoms with Gasteiger partial charge in [0.25, 0.3) is 5.91 Å². The Balaban J connectivity index is 1.61. The quantitative estimate of drug-likeness (QED) is 0.529. The van der Waals surface area contributed by atoms with Crippen molar-refractivity contribution in [2.24, 2.45) is 5.92 Å². The summed E-state index contributed by atoms with van der Waals surface area (Å²) in [5, 5.41) is 3.23. The lowest BCUT2D eigenvalue weighted by Gasteiger charge is -2.35. The van der Waals surface area contributed by atoms with Crippen molar-refractivity contribution < 1.29 is 19.1 Å². The molecule has 1 atom stereocenters. The number of carbonyl (C=O) groups excluding carboxylic acids is 2. The summed E-state index contributed by atoms with van der Waals surface area (Å²) >= 11 is 0. The Morgan fingerprint density at radius 1 is 1.06 bits per heavy atom. The molecule has 6 nitrogen and oxygen atoms in total. The Morgan fingerprint density at radius 2 is 1.71 bits per heavy atom. The third kappa shape index (κ3) is 8.36. The van der Waals surface area contributed by atoms with Crippen LogP contribution in [0.5, 0.6) is 5.75 Å². The molecule has 1 N–H and O–H groups in total. The van der Waals surface area contributed by atoms with Gasteiger partial charge in [0.1, 0.15) is 18.0 Å². The van der Waals surface area contributed by atoms with E-state index < -0.39 is 5.60 Å². The molecule has 1 heterocycles. The average Bonchev–Trinajstić information content (AvgIpc) is 2.84. The van der Waals surface area contributed by atoms with Crippen LogP contribution in [0.2, 0.25) is 0 Å². The van der Waals surface area contributed by atoms with Crippen LogP contribution in [0.25, 0.3) is 0 Å². The van der Waals surface area contributed by atoms with Crippen molar-refractivity contribution in [1.82, 2.24) is 10.2 Å². The summed E-state index contributed by atoms with van der Waals surface area (Å²) in [7, 11) is 0. The molecule has 1 fully saturated rings. The first-order chi connectivity index (χ1) is 16.7. The van der Waals surface area contributed by atoms with E-state index in [0.29, 0.717) is 36.9 Å². The van der Waals surface area contributed by atoms with Crippen LogP contribution in [-0.2, 0) is 4.74 Å². The van der Waals surface area contributed by atoms with Crippen LogP contribution in [0.1, 0.15) is 68.9 Å². The van der Waals surface area contributed by atoms with Crippen molar-refractivity contribution in [2.45, 2.75) is 58.6 Å². The topological polar surface area (TPSA) is 67.9 Å². The molecule has 0 aliphatic carbocycles. The second kappa shape index (κ2) is 12.3. The van der Waals surface area contributed by atoms with E-state index in [-0.39, 0.29) is 18.0 Å². The molecule has 0 spiro atoms. The van der Waals surface area contributed by atoms with Gasteiger partial charge in [-0.25, -0.2) is 4.79 Å². The summed E-state index contributed by atoms with van der Waals surface area (Å²) in [5.41, 5.74) is 1.16. The van der Waals surface area contributed by atoms with Gasteiger partial charge in [0, 0.05) is 18.7 Å². The minimum atomic E-state index is -0.495. The van der Waals surface area contributed by atoms with Crippen molar-refractivity contribution in [3.63, 3.8) is 0 Å². The smallest absolute Gasteiger partial charge is 0.410 e. The molecule has 0 bridgehead atoms. The fraction of sp³-hybridized carbons (Fsp3) is 0.448. The van der Waals surface area contributed by atoms with Crippen molar-refractivity contribution in [3.05, 3.63) is 65.7 Å². The molecule has 0 saturated carbocycles. The predicted molar refractivity (Wildman–Crippen MR) is 137 cm³/mol. The number of hydrogen-bond acceptors (Lipinski definition) is 4. The maximum Gasteiger partial charge on any atom is 0.410 e. The van der Waals surface area contributed by atoms with Crippen LogP contribution >= 0.6 is 0 Å². The molecule has 2 aromatic rings. The summed E-state index contributed by atoms with van der Waals surface area (Å²) in [5.74, 6) is 6.60. The molecule has 1 aliphatic heterocycles. The normalized spacial score (nSPS) is 14.9. The lowest BCUT2D eigenvalue weighted by Crippen LogP contribution is -2.42. The Kier molecular flexibility index (Phi) is 9.19. The van der Waals surface area contributed by atoms with Crippen LogP contribution in [0.15, 0.2) is 54.6 Å². The van der Waals surface area contributed by atoms with Crippen molar-refractivity contribution in [1.29, 1.82) is 0 Å². The monoisotopic (exact) mass is 476 g/mol. The lowest BCUT2D eigenvalue weighted by molar-refractivity contribution is 0.0178. The molecular formula is C29H36N2O4. The molecule has 1 unspecified atom stereocenters. The van der Waals surface area contributed by atoms with Gasteiger partial charge in [-0.15, -0.1) is 5.92 Å². The average molecular weight is 477 g/mol. The number of rotatable bonds is 7. The maximum atomic E-state index is 13.1. The summed E-state index contributed by atoms with van der Waals surface area (Å²) in [6.45, 7) is 9.07. The van der Waals surface area contributed by atoms with Crippen LogP contribution in [0.3, 0.4) is 0 Å². The van der Waals surface area contributed by atoms with E-state index >= 15 is 0 Å². The Hall–Kier alpha value is -3.46. The molecular weight excluding hydrogens is 440 g/mol. The predicted octanol–water partition coefficient (Wildman–Crippen LogP) is 5.60. The zero-order chi connectivity index (χ0) is 25.3. The summed E-state index contributed by atoms with van der Waals surface area (Å²) in [6, 6.07) is 17.1. The Bertz CT molecular complexity index is 1020. The highest BCUT2D eigenvalue weighted by Crippen LogP contribution is 2.29. The molecule has 1 saturated heterocycles. The van der Waals surface area contributed by atoms with E-state index in [1.165, 1.54) is 0 Å². The first-order valence-corrected chi connectivity index (χ1v) is 12.2. The minimum Gasteiger partial charge on any atom is -0.481 e. The third-order valence-corrected chi connectivity index (χ3v) is 5.95. The minimum absolute atomic E-state index is 0.113. The summed E-state index contributed by atoms with van der Waals surface area (Å²) < 4.78 is 11.1. The SMILES string of the molecule is CC#CCOc1ccc(C(=O)NC(CC2CCN(C(=O)OC(C)(C)C)CC2)c2ccccc2)cc1. The first kappa shape index (κ1) is 26.2. The molecule has 1 aliphatic rings. The molecule has 2 amide bonds. The van der Waals surface area contributed by atoms with Crippen molar-refractivity contribution in [2.75, 3.05) is 19.7 Å². The molecule has 186 valence electrons. The number of nitrogens with one attached hydrogen (secondary N) is 1. The number of carbonyl (C=O) groups is 2. The van der Waals surface area contributed by atoms with Crippen LogP contribution < -0.4 is 10.1 Å². The van der Waals surface area contributed by atoms with Gasteiger partial charge in [-0.1, -0.05) is 36.3 Å². The number of hydrogen-bond donors (Lipinski definition) is 1. The highest BCUT2D eigenvalue weighted by Gasteiger charge is 2.29. The number of ether oxygens (including phenoxy) is 2. The van der Waals surface area contributed by atoms with Gasteiger partial charge in [0.15, 0.2) is 0 Å². The van der Waals surface area contributed by atoms with Crippen LogP contribution in [0.4, 0.5) is 4.79 Å². The largest absolute Gasteiger partial charge is 0.481 e. The van der Waals surface area contributed by atoms with Gasteiger partial charge < -0.3 is 19.7 Å². The highest BCUT2D eigenvalue weighted by molar-refractivity contribution is 5.94. The fourth-order valence-corrected chi connectivity index (χ4v) is 4.11. The van der Waals surface area contributed by atoms with E-state index in [1.807, 2.05) is 51.1 Å². The van der Waals surface area contributed by atoms with E-state index in [2.05, 4.69) is 17.2 Å². The molecule has 0 aromatic heterocycles. The molecule has 0 radical (unpaired) electrons. The number of benzene rings is 2. The van der Waals surface area contributed by atoms with E-state index in [4.69, 9.17) is 9.47 Å². The van der Waals surface area contributed by atoms with Crippen LogP contribution in [0, 0.1) is 17.8 Å². The van der Waals surface area contributed by atoms with E-state index in [9.17, 15) is 9.59 Å². The number of amides is 2. The second-order valence-corrected chi connectivity index (χ2v) is 9.82. The van der Waals surface area contributed by atoms with Crippen molar-refractivity contribution in [3.8, 4) is 17.6 Å². The number of nitrogens with zero attached hydrogens (tertiary/aromatic N) is 1. The van der Waals surface area contributed by atoms with Gasteiger partial charge in [-0.2, -0.15) is 0 Å². The van der Waals surface area contributed by atoms with Gasteiger partial charge in [-0.05, 0) is 82.7 Å². The fourth-order valence-electron chi connectivity index (χ4n) is 4.11. The lowest BCUT2D eigenvalue weighted by atomic mass is 9.87. The Morgan fingerprint density at radius 3 is 2.31 bits per heavy atom. The summed E-state index contributed by atoms with van der Waals surface area (Å²) in [6.07, 6.45) is 2.32. The van der Waals surface area contributed by atoms with Crippen molar-refractivity contribution >= 4 is 12.0 Å². The third-order valence-electron chi connectivity index (χ3n) is 5.95. The number of likely N-dealkylation sites (tertiary alicyclic amines) is 1. The molecule has 2 aromatic carbocycles. The zero-order valence-corrected chi connectivity index (χ0v) is 21.2. The van der Waals surface area contributed by atoms with Gasteiger partial charge >= 0.3 is 6.09 Å². The zero-order valence-electron chi connectivity index (χ0n) is 21.2. The molecule has 35 heavy (non-hydrogen) atoms. The highest BCUT2D eigenvalue weighted by atomic mass is 16.6. The van der Waals surface area contributed by atoms with E-state index in [1.54, 1.807) is 36.1 Å². The summed E-state index contributed by atoms with van der Waals surface area (Å²) in [4.78, 5) is 27.3. The molecule has 6 heteroatoms. The number of piperidine rings is 1. The van der Waals surface area contributed by atoms with Gasteiger partial charge in [0.2, 0.25) is 0 Å². The standard InChI is InChI=1S/C29H36N2O4/c1-5-6-20-34-25-14-12-24(13-15-25)27(32)30-26(23-10-8-7-9-11-23)21-22-16-18-31(19-17-22)28(33)35-29(2,3)4/h7-15,22,26H,16-21H2,1-4H3,(H,30,32). The van der Waals surface area contributed by atoms with E-state index in [0.717, 1.165) is 24.8 Å². The van der Waals surface area contributed by atoms with Gasteiger partial charge in [0.05, 0.1) is 6.04 Å². The van der Waals surface area contributed by atoms with Gasteiger partial charge in [-0.3, -0.25) is 4.79 Å². The molecule has 3 rings (SSSR count). The Labute approximate surface area is 209 Å².